The average Bonchev–Trinajstić information content (AvgIpc) is 3.28. The Labute approximate surface area is 195 Å². The fourth-order valence-electron chi connectivity index (χ4n) is 3.94. The summed E-state index contributed by atoms with van der Waals surface area (Å²) in [6, 6.07) is 25.8. The first kappa shape index (κ1) is 21.0. The van der Waals surface area contributed by atoms with Crippen LogP contribution in [0.25, 0.3) is 10.8 Å². The molecule has 0 saturated carbocycles. The van der Waals surface area contributed by atoms with Crippen LogP contribution >= 0.6 is 11.8 Å². The van der Waals surface area contributed by atoms with Crippen molar-refractivity contribution in [1.82, 2.24) is 15.0 Å². The molecule has 0 bridgehead atoms. The van der Waals surface area contributed by atoms with Crippen LogP contribution in [-0.2, 0) is 4.79 Å². The molecule has 4 N–H and O–H groups in total. The Hall–Kier alpha value is -3.91. The minimum absolute atomic E-state index is 0.126. The first-order valence-electron chi connectivity index (χ1n) is 10.5. The van der Waals surface area contributed by atoms with Crippen molar-refractivity contribution in [3.63, 3.8) is 0 Å². The fraction of sp³-hybridized carbons (Fsp3) is 0.120. The number of nitrogens with two attached hydrogens (primary N) is 2. The summed E-state index contributed by atoms with van der Waals surface area (Å²) in [5.74, 6) is 0.546. The summed E-state index contributed by atoms with van der Waals surface area (Å²) in [5, 5.41) is 9.04. The maximum atomic E-state index is 13.2. The zero-order chi connectivity index (χ0) is 22.8. The van der Waals surface area contributed by atoms with Gasteiger partial charge in [0.2, 0.25) is 0 Å². The molecule has 0 aliphatic carbocycles. The number of nitrogen functional groups attached to an aromatic ring is 2. The molecule has 3 aromatic carbocycles. The topological polar surface area (TPSA) is 110 Å². The fourth-order valence-corrected chi connectivity index (χ4v) is 4.66. The van der Waals surface area contributed by atoms with Crippen LogP contribution in [0.3, 0.4) is 0 Å². The van der Waals surface area contributed by atoms with E-state index in [0.29, 0.717) is 11.6 Å². The third kappa shape index (κ3) is 4.51. The van der Waals surface area contributed by atoms with Gasteiger partial charge in [0.15, 0.2) is 5.16 Å². The number of fused-ring (bicyclic) bond motifs is 1. The van der Waals surface area contributed by atoms with Crippen molar-refractivity contribution in [2.45, 2.75) is 17.6 Å². The number of hydrazone groups is 1. The Kier molecular flexibility index (Phi) is 5.66. The van der Waals surface area contributed by atoms with Crippen LogP contribution in [0.4, 0.5) is 11.6 Å². The molecule has 5 rings (SSSR count). The van der Waals surface area contributed by atoms with E-state index < -0.39 is 0 Å². The molecule has 164 valence electrons. The molecule has 0 spiro atoms. The van der Waals surface area contributed by atoms with E-state index in [0.717, 1.165) is 22.2 Å². The van der Waals surface area contributed by atoms with Gasteiger partial charge in [0.25, 0.3) is 5.91 Å². The molecule has 1 aliphatic rings. The van der Waals surface area contributed by atoms with Gasteiger partial charge in [0, 0.05) is 12.5 Å². The number of carbonyl (C=O) groups is 1. The molecular formula is C25H22N6OS. The van der Waals surface area contributed by atoms with Gasteiger partial charge in [-0.25, -0.2) is 15.0 Å². The Morgan fingerprint density at radius 1 is 0.909 bits per heavy atom. The number of carbonyl (C=O) groups excluding carboxylic acids is 1. The number of hydrogen-bond acceptors (Lipinski definition) is 7. The summed E-state index contributed by atoms with van der Waals surface area (Å²) in [4.78, 5) is 21.5. The van der Waals surface area contributed by atoms with Gasteiger partial charge in [0.05, 0.1) is 17.5 Å². The van der Waals surface area contributed by atoms with Gasteiger partial charge in [-0.2, -0.15) is 5.10 Å². The number of hydrogen-bond donors (Lipinski definition) is 2. The predicted octanol–water partition coefficient (Wildman–Crippen LogP) is 4.26. The number of anilines is 2. The van der Waals surface area contributed by atoms with Crippen LogP contribution in [-0.4, -0.2) is 32.3 Å². The summed E-state index contributed by atoms with van der Waals surface area (Å²) in [7, 11) is 0. The molecular weight excluding hydrogens is 432 g/mol. The molecule has 1 amide bonds. The smallest absolute Gasteiger partial charge is 0.253 e. The molecule has 33 heavy (non-hydrogen) atoms. The molecule has 1 unspecified atom stereocenters. The maximum absolute atomic E-state index is 13.2. The first-order chi connectivity index (χ1) is 16.1. The normalized spacial score (nSPS) is 15.6. The van der Waals surface area contributed by atoms with Crippen LogP contribution in [0.1, 0.15) is 23.6 Å². The minimum atomic E-state index is -0.174. The SMILES string of the molecule is Nc1cc(N)nc(SCC(=O)N2N=C(c3ccc4ccccc4c3)CC2c2ccccc2)n1. The third-order valence-corrected chi connectivity index (χ3v) is 6.33. The largest absolute Gasteiger partial charge is 0.383 e. The van der Waals surface area contributed by atoms with E-state index in [-0.39, 0.29) is 29.3 Å². The van der Waals surface area contributed by atoms with E-state index in [9.17, 15) is 4.79 Å². The van der Waals surface area contributed by atoms with E-state index in [1.807, 2.05) is 42.5 Å². The van der Waals surface area contributed by atoms with Crippen molar-refractivity contribution in [1.29, 1.82) is 0 Å². The standard InChI is InChI=1S/C25H22N6OS/c26-22-14-23(27)29-25(28-22)33-15-24(32)31-21(17-7-2-1-3-8-17)13-20(30-31)19-11-10-16-6-4-5-9-18(16)12-19/h1-12,14,21H,13,15H2,(H4,26,27,28,29). The second-order valence-corrected chi connectivity index (χ2v) is 8.71. The Morgan fingerprint density at radius 2 is 1.61 bits per heavy atom. The van der Waals surface area contributed by atoms with Crippen LogP contribution in [0, 0.1) is 0 Å². The van der Waals surface area contributed by atoms with E-state index in [4.69, 9.17) is 16.6 Å². The Bertz CT molecular complexity index is 1340. The molecule has 0 fully saturated rings. The quantitative estimate of drug-likeness (QED) is 0.344. The van der Waals surface area contributed by atoms with Gasteiger partial charge in [-0.15, -0.1) is 0 Å². The number of amides is 1. The van der Waals surface area contributed by atoms with Crippen molar-refractivity contribution in [3.05, 3.63) is 90.0 Å². The molecule has 1 aliphatic heterocycles. The first-order valence-corrected chi connectivity index (χ1v) is 11.5. The number of rotatable bonds is 5. The highest BCUT2D eigenvalue weighted by molar-refractivity contribution is 7.99. The van der Waals surface area contributed by atoms with E-state index in [2.05, 4.69) is 40.3 Å². The van der Waals surface area contributed by atoms with Crippen molar-refractivity contribution in [2.24, 2.45) is 5.10 Å². The van der Waals surface area contributed by atoms with Crippen molar-refractivity contribution in [3.8, 4) is 0 Å². The summed E-state index contributed by atoms with van der Waals surface area (Å²) < 4.78 is 0. The highest BCUT2D eigenvalue weighted by Crippen LogP contribution is 2.34. The summed E-state index contributed by atoms with van der Waals surface area (Å²) >= 11 is 1.20. The minimum Gasteiger partial charge on any atom is -0.383 e. The van der Waals surface area contributed by atoms with Crippen molar-refractivity contribution >= 4 is 45.8 Å². The van der Waals surface area contributed by atoms with Crippen molar-refractivity contribution in [2.75, 3.05) is 17.2 Å². The lowest BCUT2D eigenvalue weighted by Crippen LogP contribution is -2.28. The van der Waals surface area contributed by atoms with Gasteiger partial charge >= 0.3 is 0 Å². The lowest BCUT2D eigenvalue weighted by atomic mass is 9.97. The molecule has 4 aromatic rings. The summed E-state index contributed by atoms with van der Waals surface area (Å²) in [6.07, 6.45) is 0.639. The van der Waals surface area contributed by atoms with Gasteiger partial charge in [-0.3, -0.25) is 4.79 Å². The van der Waals surface area contributed by atoms with Gasteiger partial charge in [-0.1, -0.05) is 78.5 Å². The second kappa shape index (κ2) is 8.91. The highest BCUT2D eigenvalue weighted by atomic mass is 32.2. The molecule has 2 heterocycles. The molecule has 0 radical (unpaired) electrons. The van der Waals surface area contributed by atoms with Gasteiger partial charge in [0.1, 0.15) is 11.6 Å². The zero-order valence-corrected chi connectivity index (χ0v) is 18.6. The highest BCUT2D eigenvalue weighted by Gasteiger charge is 2.33. The lowest BCUT2D eigenvalue weighted by Gasteiger charge is -2.21. The molecule has 0 saturated heterocycles. The predicted molar refractivity (Wildman–Crippen MR) is 133 cm³/mol. The van der Waals surface area contributed by atoms with Crippen LogP contribution in [0.2, 0.25) is 0 Å². The zero-order valence-electron chi connectivity index (χ0n) is 17.8. The Balaban J connectivity index is 1.43. The number of aromatic nitrogens is 2. The van der Waals surface area contributed by atoms with Gasteiger partial charge in [-0.05, 0) is 28.0 Å². The monoisotopic (exact) mass is 454 g/mol. The van der Waals surface area contributed by atoms with Crippen LogP contribution < -0.4 is 11.5 Å². The number of nitrogens with zero attached hydrogens (tertiary/aromatic N) is 4. The number of thioether (sulfide) groups is 1. The molecule has 7 nitrogen and oxygen atoms in total. The lowest BCUT2D eigenvalue weighted by molar-refractivity contribution is -0.130. The second-order valence-electron chi connectivity index (χ2n) is 7.77. The molecule has 8 heteroatoms. The van der Waals surface area contributed by atoms with Crippen molar-refractivity contribution < 1.29 is 4.79 Å². The number of benzene rings is 3. The van der Waals surface area contributed by atoms with E-state index >= 15 is 0 Å². The molecule has 1 atom stereocenters. The van der Waals surface area contributed by atoms with Gasteiger partial charge < -0.3 is 11.5 Å². The van der Waals surface area contributed by atoms with Crippen LogP contribution in [0.5, 0.6) is 0 Å². The maximum Gasteiger partial charge on any atom is 0.253 e. The summed E-state index contributed by atoms with van der Waals surface area (Å²) in [5.41, 5.74) is 14.4. The summed E-state index contributed by atoms with van der Waals surface area (Å²) in [6.45, 7) is 0. The average molecular weight is 455 g/mol. The van der Waals surface area contributed by atoms with E-state index in [1.165, 1.54) is 23.2 Å². The van der Waals surface area contributed by atoms with E-state index in [1.54, 1.807) is 5.01 Å². The molecule has 1 aromatic heterocycles. The third-order valence-electron chi connectivity index (χ3n) is 5.50. The van der Waals surface area contributed by atoms with Crippen LogP contribution in [0.15, 0.2) is 89.1 Å². The Morgan fingerprint density at radius 3 is 2.36 bits per heavy atom.